The number of esters is 1. The Labute approximate surface area is 61.3 Å². The van der Waals surface area contributed by atoms with Crippen LogP contribution >= 0.6 is 0 Å². The second kappa shape index (κ2) is 5.23. The van der Waals surface area contributed by atoms with Gasteiger partial charge in [-0.25, -0.2) is 0 Å². The molecule has 1 unspecified atom stereocenters. The zero-order valence-electron chi connectivity index (χ0n) is 6.72. The first kappa shape index (κ1) is 9.43. The van der Waals surface area contributed by atoms with Crippen LogP contribution in [0.15, 0.2) is 0 Å². The highest BCUT2D eigenvalue weighted by molar-refractivity contribution is 5.68. The summed E-state index contributed by atoms with van der Waals surface area (Å²) < 4.78 is 8.97. The molecule has 10 heavy (non-hydrogen) atoms. The molecule has 1 saturated heterocycles. The predicted molar refractivity (Wildman–Crippen MR) is 37.7 cm³/mol. The fraction of sp³-hybridized carbons (Fsp3) is 0.857. The number of carbonyl (C=O) groups is 1. The van der Waals surface area contributed by atoms with Crippen LogP contribution in [0, 0.1) is 0 Å². The van der Waals surface area contributed by atoms with Crippen LogP contribution in [0.1, 0.15) is 20.3 Å². The van der Waals surface area contributed by atoms with E-state index in [-0.39, 0.29) is 5.97 Å². The first-order valence-corrected chi connectivity index (χ1v) is 3.39. The van der Waals surface area contributed by atoms with Gasteiger partial charge in [-0.05, 0) is 6.92 Å². The molecule has 0 N–H and O–H groups in total. The van der Waals surface area contributed by atoms with Crippen molar-refractivity contribution in [3.63, 3.8) is 0 Å². The second-order valence-electron chi connectivity index (χ2n) is 2.07. The lowest BCUT2D eigenvalue weighted by Gasteiger charge is -1.87. The van der Waals surface area contributed by atoms with E-state index in [4.69, 9.17) is 4.74 Å². The summed E-state index contributed by atoms with van der Waals surface area (Å²) in [6, 6.07) is 0. The zero-order chi connectivity index (χ0) is 7.98. The van der Waals surface area contributed by atoms with E-state index in [0.29, 0.717) is 12.5 Å². The molecule has 0 spiro atoms. The van der Waals surface area contributed by atoms with Crippen LogP contribution < -0.4 is 0 Å². The summed E-state index contributed by atoms with van der Waals surface area (Å²) in [5, 5.41) is 0. The van der Waals surface area contributed by atoms with Crippen molar-refractivity contribution in [2.24, 2.45) is 0 Å². The van der Waals surface area contributed by atoms with Gasteiger partial charge < -0.3 is 9.47 Å². The minimum atomic E-state index is -0.157. The average molecular weight is 146 g/mol. The van der Waals surface area contributed by atoms with E-state index in [1.165, 1.54) is 7.11 Å². The first-order chi connectivity index (χ1) is 4.70. The van der Waals surface area contributed by atoms with E-state index in [1.807, 2.05) is 0 Å². The Morgan fingerprint density at radius 1 is 1.80 bits per heavy atom. The van der Waals surface area contributed by atoms with E-state index in [9.17, 15) is 4.79 Å². The summed E-state index contributed by atoms with van der Waals surface area (Å²) in [6.45, 7) is 4.80. The van der Waals surface area contributed by atoms with E-state index in [2.05, 4.69) is 11.7 Å². The monoisotopic (exact) mass is 146 g/mol. The molecule has 1 aliphatic rings. The summed E-state index contributed by atoms with van der Waals surface area (Å²) in [6.07, 6.45) is 1.05. The lowest BCUT2D eigenvalue weighted by atomic mass is 10.5. The lowest BCUT2D eigenvalue weighted by Crippen LogP contribution is -1.94. The summed E-state index contributed by atoms with van der Waals surface area (Å²) in [5.74, 6) is -0.157. The van der Waals surface area contributed by atoms with Crippen molar-refractivity contribution in [3.05, 3.63) is 0 Å². The molecule has 3 nitrogen and oxygen atoms in total. The number of hydrogen-bond donors (Lipinski definition) is 0. The van der Waals surface area contributed by atoms with Crippen molar-refractivity contribution in [1.82, 2.24) is 0 Å². The van der Waals surface area contributed by atoms with Gasteiger partial charge in [-0.15, -0.1) is 0 Å². The van der Waals surface area contributed by atoms with Crippen LogP contribution in [-0.2, 0) is 14.3 Å². The number of hydrogen-bond acceptors (Lipinski definition) is 3. The fourth-order valence-electron chi connectivity index (χ4n) is 0.241. The maximum atomic E-state index is 9.96. The SMILES string of the molecule is CC1CO1.CCC(=O)OC. The highest BCUT2D eigenvalue weighted by Crippen LogP contribution is 2.04. The molecule has 0 aliphatic carbocycles. The van der Waals surface area contributed by atoms with Gasteiger partial charge in [0.2, 0.25) is 0 Å². The van der Waals surface area contributed by atoms with Gasteiger partial charge >= 0.3 is 5.97 Å². The smallest absolute Gasteiger partial charge is 0.305 e. The molecule has 0 amide bonds. The molecule has 1 heterocycles. The third-order valence-corrected chi connectivity index (χ3v) is 1.02. The molecule has 1 aliphatic heterocycles. The van der Waals surface area contributed by atoms with Crippen molar-refractivity contribution in [2.75, 3.05) is 13.7 Å². The molecule has 1 rings (SSSR count). The Hall–Kier alpha value is -0.570. The van der Waals surface area contributed by atoms with Crippen molar-refractivity contribution < 1.29 is 14.3 Å². The molecule has 0 aromatic carbocycles. The van der Waals surface area contributed by atoms with Gasteiger partial charge in [0.25, 0.3) is 0 Å². The Balaban J connectivity index is 0.000000172. The molecule has 0 bridgehead atoms. The maximum absolute atomic E-state index is 9.96. The number of methoxy groups -OCH3 is 1. The van der Waals surface area contributed by atoms with Gasteiger partial charge in [-0.1, -0.05) is 6.92 Å². The van der Waals surface area contributed by atoms with E-state index in [1.54, 1.807) is 6.92 Å². The van der Waals surface area contributed by atoms with Gasteiger partial charge in [0.1, 0.15) is 0 Å². The van der Waals surface area contributed by atoms with E-state index >= 15 is 0 Å². The Bertz CT molecular complexity index is 91.0. The summed E-state index contributed by atoms with van der Waals surface area (Å²) in [7, 11) is 1.38. The molecule has 0 saturated carbocycles. The van der Waals surface area contributed by atoms with Gasteiger partial charge in [-0.2, -0.15) is 0 Å². The first-order valence-electron chi connectivity index (χ1n) is 3.39. The van der Waals surface area contributed by atoms with Crippen molar-refractivity contribution in [2.45, 2.75) is 26.4 Å². The van der Waals surface area contributed by atoms with Crippen LogP contribution in [0.5, 0.6) is 0 Å². The average Bonchev–Trinajstić information content (AvgIpc) is 2.71. The normalized spacial score (nSPS) is 20.5. The molecule has 1 fully saturated rings. The lowest BCUT2D eigenvalue weighted by molar-refractivity contribution is -0.140. The molecule has 0 aromatic heterocycles. The molecule has 0 radical (unpaired) electrons. The number of rotatable bonds is 1. The fourth-order valence-corrected chi connectivity index (χ4v) is 0.241. The predicted octanol–water partition coefficient (Wildman–Crippen LogP) is 0.975. The van der Waals surface area contributed by atoms with Crippen LogP contribution in [0.4, 0.5) is 0 Å². The van der Waals surface area contributed by atoms with Crippen LogP contribution in [-0.4, -0.2) is 25.8 Å². The molecular formula is C7H14O3. The van der Waals surface area contributed by atoms with Crippen molar-refractivity contribution >= 4 is 5.97 Å². The second-order valence-corrected chi connectivity index (χ2v) is 2.07. The molecular weight excluding hydrogens is 132 g/mol. The minimum absolute atomic E-state index is 0.157. The largest absolute Gasteiger partial charge is 0.469 e. The quantitative estimate of drug-likeness (QED) is 0.409. The number of epoxide rings is 1. The van der Waals surface area contributed by atoms with E-state index in [0.717, 1.165) is 6.61 Å². The zero-order valence-corrected chi connectivity index (χ0v) is 6.72. The number of ether oxygens (including phenoxy) is 2. The molecule has 0 aromatic rings. The third kappa shape index (κ3) is 7.43. The van der Waals surface area contributed by atoms with Gasteiger partial charge in [0.15, 0.2) is 0 Å². The molecule has 1 atom stereocenters. The van der Waals surface area contributed by atoms with Crippen molar-refractivity contribution in [3.8, 4) is 0 Å². The summed E-state index contributed by atoms with van der Waals surface area (Å²) >= 11 is 0. The Morgan fingerprint density at radius 2 is 2.20 bits per heavy atom. The third-order valence-electron chi connectivity index (χ3n) is 1.02. The van der Waals surface area contributed by atoms with Crippen LogP contribution in [0.25, 0.3) is 0 Å². The van der Waals surface area contributed by atoms with Gasteiger partial charge in [0, 0.05) is 6.42 Å². The van der Waals surface area contributed by atoms with Crippen LogP contribution in [0.2, 0.25) is 0 Å². The highest BCUT2D eigenvalue weighted by atomic mass is 16.6. The minimum Gasteiger partial charge on any atom is -0.469 e. The number of carbonyl (C=O) groups excluding carboxylic acids is 1. The van der Waals surface area contributed by atoms with Crippen molar-refractivity contribution in [1.29, 1.82) is 0 Å². The summed E-state index contributed by atoms with van der Waals surface area (Å²) in [4.78, 5) is 9.96. The van der Waals surface area contributed by atoms with Crippen LogP contribution in [0.3, 0.4) is 0 Å². The Morgan fingerprint density at radius 3 is 2.20 bits per heavy atom. The van der Waals surface area contributed by atoms with Gasteiger partial charge in [-0.3, -0.25) is 4.79 Å². The maximum Gasteiger partial charge on any atom is 0.305 e. The Kier molecular flexibility index (Phi) is 4.94. The molecule has 3 heteroatoms. The summed E-state index contributed by atoms with van der Waals surface area (Å²) in [5.41, 5.74) is 0. The van der Waals surface area contributed by atoms with E-state index < -0.39 is 0 Å². The standard InChI is InChI=1S/C4H8O2.C3H6O/c1-3-4(5)6-2;1-3-2-4-3/h3H2,1-2H3;3H,2H2,1H3. The van der Waals surface area contributed by atoms with Gasteiger partial charge in [0.05, 0.1) is 19.8 Å². The molecule has 60 valence electrons. The topological polar surface area (TPSA) is 38.8 Å². The highest BCUT2D eigenvalue weighted by Gasteiger charge is 2.13.